The minimum Gasteiger partial charge on any atom is -0.375 e. The first-order valence-corrected chi connectivity index (χ1v) is 6.13. The fourth-order valence-electron chi connectivity index (χ4n) is 1.84. The van der Waals surface area contributed by atoms with Crippen LogP contribution in [0.5, 0.6) is 0 Å². The van der Waals surface area contributed by atoms with Gasteiger partial charge in [-0.1, -0.05) is 18.2 Å². The second-order valence-corrected chi connectivity index (χ2v) is 4.32. The predicted molar refractivity (Wildman–Crippen MR) is 70.1 cm³/mol. The number of alkyl halides is 2. The van der Waals surface area contributed by atoms with Crippen molar-refractivity contribution in [1.29, 1.82) is 0 Å². The van der Waals surface area contributed by atoms with Crippen LogP contribution in [0, 0.1) is 0 Å². The molecule has 19 heavy (non-hydrogen) atoms. The molecule has 1 atom stereocenters. The van der Waals surface area contributed by atoms with E-state index in [1.807, 2.05) is 30.3 Å². The fraction of sp³-hybridized carbons (Fsp3) is 0.357. The van der Waals surface area contributed by atoms with Crippen molar-refractivity contribution < 1.29 is 13.5 Å². The molecule has 0 aliphatic carbocycles. The molecular formula is C14H16F2N2O. The topological polar surface area (TPSA) is 48.1 Å². The normalized spacial score (nSPS) is 13.1. The smallest absolute Gasteiger partial charge is 0.261 e. The Labute approximate surface area is 110 Å². The number of rotatable bonds is 6. The Hall–Kier alpha value is -1.59. The quantitative estimate of drug-likeness (QED) is 0.818. The van der Waals surface area contributed by atoms with E-state index in [0.29, 0.717) is 6.42 Å². The zero-order valence-corrected chi connectivity index (χ0v) is 10.4. The molecule has 0 aliphatic rings. The number of benzene rings is 1. The van der Waals surface area contributed by atoms with Crippen LogP contribution in [0.3, 0.4) is 0 Å². The minimum absolute atomic E-state index is 0.221. The van der Waals surface area contributed by atoms with Crippen LogP contribution in [0.25, 0.3) is 10.9 Å². The Morgan fingerprint density at radius 2 is 2.05 bits per heavy atom. The van der Waals surface area contributed by atoms with Crippen molar-refractivity contribution in [3.05, 3.63) is 42.1 Å². The van der Waals surface area contributed by atoms with E-state index in [2.05, 4.69) is 4.98 Å². The van der Waals surface area contributed by atoms with Gasteiger partial charge in [0.05, 0.1) is 5.52 Å². The summed E-state index contributed by atoms with van der Waals surface area (Å²) in [5.74, 6) is 0. The lowest BCUT2D eigenvalue weighted by molar-refractivity contribution is 0.0152. The van der Waals surface area contributed by atoms with Gasteiger partial charge in [-0.15, -0.1) is 0 Å². The minimum atomic E-state index is -2.43. The monoisotopic (exact) mass is 266 g/mol. The molecule has 0 saturated heterocycles. The summed E-state index contributed by atoms with van der Waals surface area (Å²) in [4.78, 5) is 4.32. The van der Waals surface area contributed by atoms with Crippen LogP contribution in [-0.2, 0) is 4.74 Å². The molecule has 0 radical (unpaired) electrons. The van der Waals surface area contributed by atoms with Crippen LogP contribution in [0.15, 0.2) is 36.5 Å². The third-order valence-electron chi connectivity index (χ3n) is 2.86. The van der Waals surface area contributed by atoms with E-state index < -0.39 is 13.0 Å². The van der Waals surface area contributed by atoms with Gasteiger partial charge in [0.1, 0.15) is 6.61 Å². The summed E-state index contributed by atoms with van der Waals surface area (Å²) in [6.45, 7) is -0.318. The molecule has 5 heteroatoms. The predicted octanol–water partition coefficient (Wildman–Crippen LogP) is 2.91. The Morgan fingerprint density at radius 3 is 2.84 bits per heavy atom. The average molecular weight is 266 g/mol. The van der Waals surface area contributed by atoms with Crippen molar-refractivity contribution in [1.82, 2.24) is 4.98 Å². The molecule has 0 saturated carbocycles. The van der Waals surface area contributed by atoms with Crippen LogP contribution in [-0.4, -0.2) is 24.6 Å². The Kier molecular flexibility index (Phi) is 4.76. The molecule has 102 valence electrons. The first-order chi connectivity index (χ1) is 9.16. The third-order valence-corrected chi connectivity index (χ3v) is 2.86. The highest BCUT2D eigenvalue weighted by atomic mass is 19.3. The lowest BCUT2D eigenvalue weighted by Crippen LogP contribution is -2.15. The number of nitrogens with zero attached hydrogens (tertiary/aromatic N) is 1. The van der Waals surface area contributed by atoms with Crippen molar-refractivity contribution in [2.45, 2.75) is 18.9 Å². The number of para-hydroxylation sites is 1. The summed E-state index contributed by atoms with van der Waals surface area (Å²) in [5, 5.41) is 1.02. The lowest BCUT2D eigenvalue weighted by Gasteiger charge is -2.12. The van der Waals surface area contributed by atoms with Gasteiger partial charge in [0, 0.05) is 24.2 Å². The Balaban J connectivity index is 1.95. The summed E-state index contributed by atoms with van der Waals surface area (Å²) < 4.78 is 28.6. The average Bonchev–Trinajstić information content (AvgIpc) is 2.42. The van der Waals surface area contributed by atoms with Gasteiger partial charge in [-0.05, 0) is 24.1 Å². The largest absolute Gasteiger partial charge is 0.375 e. The highest BCUT2D eigenvalue weighted by Crippen LogP contribution is 2.18. The van der Waals surface area contributed by atoms with Crippen LogP contribution in [0.2, 0.25) is 0 Å². The van der Waals surface area contributed by atoms with Crippen molar-refractivity contribution in [3.63, 3.8) is 0 Å². The number of halogens is 2. The van der Waals surface area contributed by atoms with Gasteiger partial charge in [-0.2, -0.15) is 0 Å². The van der Waals surface area contributed by atoms with Crippen LogP contribution in [0.4, 0.5) is 8.78 Å². The molecule has 1 aromatic carbocycles. The van der Waals surface area contributed by atoms with E-state index in [1.165, 1.54) is 0 Å². The maximum Gasteiger partial charge on any atom is 0.261 e. The van der Waals surface area contributed by atoms with E-state index >= 15 is 0 Å². The lowest BCUT2D eigenvalue weighted by atomic mass is 10.1. The van der Waals surface area contributed by atoms with Crippen LogP contribution >= 0.6 is 0 Å². The summed E-state index contributed by atoms with van der Waals surface area (Å²) in [5.41, 5.74) is 7.79. The third kappa shape index (κ3) is 3.94. The number of aromatic nitrogens is 1. The highest BCUT2D eigenvalue weighted by molar-refractivity contribution is 5.78. The highest BCUT2D eigenvalue weighted by Gasteiger charge is 2.08. The van der Waals surface area contributed by atoms with Crippen LogP contribution in [0.1, 0.15) is 18.0 Å². The second-order valence-electron chi connectivity index (χ2n) is 4.32. The number of hydrogen-bond acceptors (Lipinski definition) is 3. The van der Waals surface area contributed by atoms with Gasteiger partial charge in [-0.3, -0.25) is 4.98 Å². The van der Waals surface area contributed by atoms with E-state index in [1.54, 1.807) is 6.20 Å². The molecule has 2 N–H and O–H groups in total. The first kappa shape index (κ1) is 13.8. The maximum atomic E-state index is 11.9. The van der Waals surface area contributed by atoms with Gasteiger partial charge in [0.25, 0.3) is 6.43 Å². The molecular weight excluding hydrogens is 250 g/mol. The standard InChI is InChI=1S/C14H16F2N2O/c15-14(16)9-19-6-5-12(17)11-7-10-3-1-2-4-13(10)18-8-11/h1-4,7-8,12,14H,5-6,9,17H2. The molecule has 2 rings (SSSR count). The molecule has 1 aromatic heterocycles. The van der Waals surface area contributed by atoms with Crippen molar-refractivity contribution in [2.75, 3.05) is 13.2 Å². The molecule has 0 bridgehead atoms. The number of ether oxygens (including phenoxy) is 1. The van der Waals surface area contributed by atoms with Gasteiger partial charge >= 0.3 is 0 Å². The summed E-state index contributed by atoms with van der Waals surface area (Å²) in [6, 6.07) is 9.47. The van der Waals surface area contributed by atoms with Crippen LogP contribution < -0.4 is 5.73 Å². The molecule has 1 unspecified atom stereocenters. The van der Waals surface area contributed by atoms with Gasteiger partial charge < -0.3 is 10.5 Å². The number of hydrogen-bond donors (Lipinski definition) is 1. The van der Waals surface area contributed by atoms with E-state index in [0.717, 1.165) is 16.5 Å². The number of pyridine rings is 1. The molecule has 1 heterocycles. The van der Waals surface area contributed by atoms with Crippen molar-refractivity contribution in [3.8, 4) is 0 Å². The molecule has 0 spiro atoms. The van der Waals surface area contributed by atoms with Crippen molar-refractivity contribution in [2.24, 2.45) is 5.73 Å². The van der Waals surface area contributed by atoms with Gasteiger partial charge in [0.2, 0.25) is 0 Å². The zero-order chi connectivity index (χ0) is 13.7. The SMILES string of the molecule is NC(CCOCC(F)F)c1cnc2ccccc2c1. The van der Waals surface area contributed by atoms with Crippen molar-refractivity contribution >= 4 is 10.9 Å². The zero-order valence-electron chi connectivity index (χ0n) is 10.4. The Bertz CT molecular complexity index is 534. The first-order valence-electron chi connectivity index (χ1n) is 6.13. The van der Waals surface area contributed by atoms with E-state index in [4.69, 9.17) is 10.5 Å². The molecule has 3 nitrogen and oxygen atoms in total. The fourth-order valence-corrected chi connectivity index (χ4v) is 1.84. The Morgan fingerprint density at radius 1 is 1.26 bits per heavy atom. The number of nitrogens with two attached hydrogens (primary N) is 1. The van der Waals surface area contributed by atoms with Gasteiger partial charge in [0.15, 0.2) is 0 Å². The van der Waals surface area contributed by atoms with Gasteiger partial charge in [-0.25, -0.2) is 8.78 Å². The molecule has 0 amide bonds. The molecule has 0 aliphatic heterocycles. The second kappa shape index (κ2) is 6.54. The van der Waals surface area contributed by atoms with E-state index in [-0.39, 0.29) is 12.6 Å². The number of fused-ring (bicyclic) bond motifs is 1. The van der Waals surface area contributed by atoms with E-state index in [9.17, 15) is 8.78 Å². The summed E-state index contributed by atoms with van der Waals surface area (Å²) >= 11 is 0. The molecule has 2 aromatic rings. The molecule has 0 fully saturated rings. The summed E-state index contributed by atoms with van der Waals surface area (Å²) in [7, 11) is 0. The maximum absolute atomic E-state index is 11.9. The summed E-state index contributed by atoms with van der Waals surface area (Å²) in [6.07, 6.45) is -0.217.